The number of nitrogens with zero attached hydrogens (tertiary/aromatic N) is 3. The minimum absolute atomic E-state index is 0.110. The Balaban J connectivity index is 2.19. The Hall–Kier alpha value is -2.67. The van der Waals surface area contributed by atoms with E-state index in [2.05, 4.69) is 4.98 Å². The molecule has 0 unspecified atom stereocenters. The van der Waals surface area contributed by atoms with Gasteiger partial charge >= 0.3 is 0 Å². The van der Waals surface area contributed by atoms with E-state index in [-0.39, 0.29) is 5.91 Å². The van der Waals surface area contributed by atoms with Crippen LogP contribution in [0.1, 0.15) is 28.4 Å². The van der Waals surface area contributed by atoms with Crippen LogP contribution in [0.25, 0.3) is 0 Å². The van der Waals surface area contributed by atoms with Crippen LogP contribution in [0.2, 0.25) is 0 Å². The lowest BCUT2D eigenvalue weighted by molar-refractivity contribution is 0.0752. The molecule has 0 saturated carbocycles. The molecule has 4 nitrogen and oxygen atoms in total. The Morgan fingerprint density at radius 3 is 2.70 bits per heavy atom. The molecule has 20 heavy (non-hydrogen) atoms. The molecular formula is C16H15N3O. The van der Waals surface area contributed by atoms with E-state index in [1.807, 2.05) is 43.3 Å². The summed E-state index contributed by atoms with van der Waals surface area (Å²) in [4.78, 5) is 18.1. The van der Waals surface area contributed by atoms with E-state index in [0.717, 1.165) is 5.56 Å². The monoisotopic (exact) mass is 265 g/mol. The minimum Gasteiger partial charge on any atom is -0.335 e. The molecule has 0 atom stereocenters. The lowest BCUT2D eigenvalue weighted by Gasteiger charge is -2.21. The largest absolute Gasteiger partial charge is 0.335 e. The molecule has 4 heteroatoms. The highest BCUT2D eigenvalue weighted by molar-refractivity contribution is 5.94. The molecule has 0 fully saturated rings. The summed E-state index contributed by atoms with van der Waals surface area (Å²) in [6, 6.07) is 13.4. The van der Waals surface area contributed by atoms with Crippen molar-refractivity contribution in [2.75, 3.05) is 6.54 Å². The van der Waals surface area contributed by atoms with Crippen molar-refractivity contribution in [2.45, 2.75) is 13.5 Å². The number of aromatic nitrogens is 1. The number of nitriles is 1. The van der Waals surface area contributed by atoms with Crippen molar-refractivity contribution >= 4 is 5.91 Å². The molecule has 0 aliphatic rings. The average molecular weight is 265 g/mol. The first-order valence-corrected chi connectivity index (χ1v) is 6.43. The van der Waals surface area contributed by atoms with Crippen molar-refractivity contribution in [3.05, 3.63) is 65.5 Å². The maximum Gasteiger partial charge on any atom is 0.255 e. The normalized spacial score (nSPS) is 9.80. The van der Waals surface area contributed by atoms with E-state index >= 15 is 0 Å². The summed E-state index contributed by atoms with van der Waals surface area (Å²) in [5, 5.41) is 8.86. The first kappa shape index (κ1) is 13.8. The van der Waals surface area contributed by atoms with E-state index in [0.29, 0.717) is 24.2 Å². The number of rotatable bonds is 4. The van der Waals surface area contributed by atoms with Crippen molar-refractivity contribution in [1.29, 1.82) is 5.26 Å². The molecule has 1 amide bonds. The first-order valence-electron chi connectivity index (χ1n) is 6.43. The van der Waals surface area contributed by atoms with Gasteiger partial charge in [0.25, 0.3) is 5.91 Å². The fourth-order valence-electron chi connectivity index (χ4n) is 1.93. The predicted molar refractivity (Wildman–Crippen MR) is 75.8 cm³/mol. The van der Waals surface area contributed by atoms with Crippen LogP contribution >= 0.6 is 0 Å². The number of hydrogen-bond acceptors (Lipinski definition) is 3. The van der Waals surface area contributed by atoms with Gasteiger partial charge in [-0.15, -0.1) is 0 Å². The highest BCUT2D eigenvalue weighted by Gasteiger charge is 2.15. The molecule has 0 radical (unpaired) electrons. The van der Waals surface area contributed by atoms with Crippen molar-refractivity contribution < 1.29 is 4.79 Å². The quantitative estimate of drug-likeness (QED) is 0.853. The standard InChI is InChI=1S/C16H15N3O/c1-2-19(12-13-6-4-3-5-7-13)16(20)15-8-14(9-17)10-18-11-15/h3-8,10-11H,2,12H2,1H3. The van der Waals surface area contributed by atoms with Crippen LogP contribution < -0.4 is 0 Å². The van der Waals surface area contributed by atoms with Gasteiger partial charge in [-0.3, -0.25) is 9.78 Å². The summed E-state index contributed by atoms with van der Waals surface area (Å²) < 4.78 is 0. The van der Waals surface area contributed by atoms with Crippen LogP contribution in [0.15, 0.2) is 48.8 Å². The topological polar surface area (TPSA) is 57.0 Å². The Kier molecular flexibility index (Phi) is 4.46. The van der Waals surface area contributed by atoms with Crippen LogP contribution in [0, 0.1) is 11.3 Å². The van der Waals surface area contributed by atoms with Gasteiger partial charge < -0.3 is 4.90 Å². The Bertz CT molecular complexity index is 632. The smallest absolute Gasteiger partial charge is 0.255 e. The van der Waals surface area contributed by atoms with Gasteiger partial charge in [-0.25, -0.2) is 0 Å². The van der Waals surface area contributed by atoms with Crippen LogP contribution in [-0.4, -0.2) is 22.3 Å². The summed E-state index contributed by atoms with van der Waals surface area (Å²) in [5.74, 6) is -0.110. The Labute approximate surface area is 118 Å². The average Bonchev–Trinajstić information content (AvgIpc) is 2.53. The predicted octanol–water partition coefficient (Wildman–Crippen LogP) is 2.62. The molecule has 100 valence electrons. The lowest BCUT2D eigenvalue weighted by atomic mass is 10.1. The van der Waals surface area contributed by atoms with Gasteiger partial charge in [-0.2, -0.15) is 5.26 Å². The SMILES string of the molecule is CCN(Cc1ccccc1)C(=O)c1cncc(C#N)c1. The van der Waals surface area contributed by atoms with Crippen molar-refractivity contribution in [3.8, 4) is 6.07 Å². The Morgan fingerprint density at radius 1 is 1.30 bits per heavy atom. The van der Waals surface area contributed by atoms with Crippen molar-refractivity contribution in [2.24, 2.45) is 0 Å². The van der Waals surface area contributed by atoms with Gasteiger partial charge in [0.15, 0.2) is 0 Å². The number of carbonyl (C=O) groups is 1. The molecule has 0 aliphatic carbocycles. The van der Waals surface area contributed by atoms with Crippen LogP contribution in [0.4, 0.5) is 0 Å². The first-order chi connectivity index (χ1) is 9.74. The fraction of sp³-hybridized carbons (Fsp3) is 0.188. The second-order valence-electron chi connectivity index (χ2n) is 4.38. The number of carbonyl (C=O) groups excluding carboxylic acids is 1. The summed E-state index contributed by atoms with van der Waals surface area (Å²) in [7, 11) is 0. The molecule has 1 aromatic carbocycles. The van der Waals surface area contributed by atoms with Crippen LogP contribution in [0.5, 0.6) is 0 Å². The van der Waals surface area contributed by atoms with Gasteiger partial charge in [0.2, 0.25) is 0 Å². The maximum absolute atomic E-state index is 12.4. The van der Waals surface area contributed by atoms with Gasteiger partial charge in [0, 0.05) is 25.5 Å². The third-order valence-electron chi connectivity index (χ3n) is 3.00. The molecule has 0 saturated heterocycles. The van der Waals surface area contributed by atoms with Crippen LogP contribution in [0.3, 0.4) is 0 Å². The molecule has 2 aromatic rings. The second-order valence-corrected chi connectivity index (χ2v) is 4.38. The third kappa shape index (κ3) is 3.21. The van der Waals surface area contributed by atoms with Gasteiger partial charge in [-0.1, -0.05) is 30.3 Å². The summed E-state index contributed by atoms with van der Waals surface area (Å²) in [6.45, 7) is 3.08. The Morgan fingerprint density at radius 2 is 2.05 bits per heavy atom. The van der Waals surface area contributed by atoms with Crippen LogP contribution in [-0.2, 0) is 6.54 Å². The van der Waals surface area contributed by atoms with Gasteiger partial charge in [0.1, 0.15) is 6.07 Å². The highest BCUT2D eigenvalue weighted by atomic mass is 16.2. The van der Waals surface area contributed by atoms with E-state index in [4.69, 9.17) is 5.26 Å². The van der Waals surface area contributed by atoms with E-state index in [9.17, 15) is 4.79 Å². The fourth-order valence-corrected chi connectivity index (χ4v) is 1.93. The molecule has 0 bridgehead atoms. The molecule has 0 spiro atoms. The summed E-state index contributed by atoms with van der Waals surface area (Å²) >= 11 is 0. The van der Waals surface area contributed by atoms with Gasteiger partial charge in [-0.05, 0) is 18.6 Å². The zero-order valence-electron chi connectivity index (χ0n) is 11.3. The van der Waals surface area contributed by atoms with Crippen molar-refractivity contribution in [3.63, 3.8) is 0 Å². The summed E-state index contributed by atoms with van der Waals surface area (Å²) in [6.07, 6.45) is 2.95. The number of hydrogen-bond donors (Lipinski definition) is 0. The third-order valence-corrected chi connectivity index (χ3v) is 3.00. The number of benzene rings is 1. The molecule has 2 rings (SSSR count). The molecule has 0 aliphatic heterocycles. The highest BCUT2D eigenvalue weighted by Crippen LogP contribution is 2.10. The summed E-state index contributed by atoms with van der Waals surface area (Å²) in [5.41, 5.74) is 1.92. The second kappa shape index (κ2) is 6.48. The van der Waals surface area contributed by atoms with E-state index < -0.39 is 0 Å². The number of amides is 1. The molecule has 1 heterocycles. The van der Waals surface area contributed by atoms with E-state index in [1.54, 1.807) is 11.0 Å². The molecular weight excluding hydrogens is 250 g/mol. The zero-order valence-corrected chi connectivity index (χ0v) is 11.3. The van der Waals surface area contributed by atoms with E-state index in [1.165, 1.54) is 12.4 Å². The van der Waals surface area contributed by atoms with Crippen molar-refractivity contribution in [1.82, 2.24) is 9.88 Å². The minimum atomic E-state index is -0.110. The molecule has 1 aromatic heterocycles. The lowest BCUT2D eigenvalue weighted by Crippen LogP contribution is -2.30. The number of pyridine rings is 1. The molecule has 0 N–H and O–H groups in total. The zero-order chi connectivity index (χ0) is 14.4. The maximum atomic E-state index is 12.4. The van der Waals surface area contributed by atoms with Gasteiger partial charge in [0.05, 0.1) is 11.1 Å².